The molecule has 0 aromatic heterocycles. The summed E-state index contributed by atoms with van der Waals surface area (Å²) in [5.41, 5.74) is 0. The molecular formula is C9H14O5. The van der Waals surface area contributed by atoms with Crippen molar-refractivity contribution in [3.63, 3.8) is 0 Å². The molecule has 0 aromatic rings. The standard InChI is InChI=1S/C9H14O5/c1-12-9(11)5-2-6(10)8-7(3-5)13-4-14-8/h5-8,10H,2-4H2,1H3/t5-,6+,7?,8+/m1/s1. The molecule has 5 heteroatoms. The van der Waals surface area contributed by atoms with Crippen LogP contribution in [0.5, 0.6) is 0 Å². The van der Waals surface area contributed by atoms with E-state index in [9.17, 15) is 9.90 Å². The lowest BCUT2D eigenvalue weighted by molar-refractivity contribution is -0.151. The monoisotopic (exact) mass is 202 g/mol. The van der Waals surface area contributed by atoms with Gasteiger partial charge in [0.05, 0.1) is 25.2 Å². The van der Waals surface area contributed by atoms with Gasteiger partial charge in [-0.3, -0.25) is 4.79 Å². The van der Waals surface area contributed by atoms with E-state index in [2.05, 4.69) is 4.74 Å². The molecule has 1 aliphatic heterocycles. The van der Waals surface area contributed by atoms with Gasteiger partial charge in [0, 0.05) is 0 Å². The van der Waals surface area contributed by atoms with Crippen molar-refractivity contribution in [2.45, 2.75) is 31.2 Å². The van der Waals surface area contributed by atoms with Gasteiger partial charge in [-0.05, 0) is 12.8 Å². The average Bonchev–Trinajstić information content (AvgIpc) is 2.64. The number of esters is 1. The highest BCUT2D eigenvalue weighted by molar-refractivity contribution is 5.72. The number of fused-ring (bicyclic) bond motifs is 1. The van der Waals surface area contributed by atoms with Crippen molar-refractivity contribution in [3.05, 3.63) is 0 Å². The Hall–Kier alpha value is -0.650. The number of hydrogen-bond acceptors (Lipinski definition) is 5. The Kier molecular flexibility index (Phi) is 2.71. The molecule has 80 valence electrons. The molecule has 4 atom stereocenters. The van der Waals surface area contributed by atoms with Crippen LogP contribution < -0.4 is 0 Å². The van der Waals surface area contributed by atoms with Gasteiger partial charge in [0.25, 0.3) is 0 Å². The summed E-state index contributed by atoms with van der Waals surface area (Å²) in [5, 5.41) is 9.68. The predicted octanol–water partition coefficient (Wildman–Crippen LogP) is -0.328. The third kappa shape index (κ3) is 1.63. The first-order valence-corrected chi connectivity index (χ1v) is 4.71. The van der Waals surface area contributed by atoms with Crippen molar-refractivity contribution < 1.29 is 24.1 Å². The van der Waals surface area contributed by atoms with E-state index in [1.54, 1.807) is 0 Å². The molecule has 0 spiro atoms. The number of rotatable bonds is 1. The molecule has 0 amide bonds. The zero-order valence-electron chi connectivity index (χ0n) is 8.01. The summed E-state index contributed by atoms with van der Waals surface area (Å²) in [5.74, 6) is -0.545. The topological polar surface area (TPSA) is 65.0 Å². The second-order valence-corrected chi connectivity index (χ2v) is 3.71. The first-order chi connectivity index (χ1) is 6.72. The van der Waals surface area contributed by atoms with Crippen molar-refractivity contribution in [1.82, 2.24) is 0 Å². The normalized spacial score (nSPS) is 41.9. The van der Waals surface area contributed by atoms with E-state index < -0.39 is 6.10 Å². The van der Waals surface area contributed by atoms with E-state index in [1.165, 1.54) is 7.11 Å². The highest BCUT2D eigenvalue weighted by Crippen LogP contribution is 2.32. The number of carbonyl (C=O) groups is 1. The third-order valence-electron chi connectivity index (χ3n) is 2.87. The number of aliphatic hydroxyl groups excluding tert-OH is 1. The summed E-state index contributed by atoms with van der Waals surface area (Å²) in [6.07, 6.45) is -0.0786. The summed E-state index contributed by atoms with van der Waals surface area (Å²) < 4.78 is 15.1. The summed E-state index contributed by atoms with van der Waals surface area (Å²) >= 11 is 0. The van der Waals surface area contributed by atoms with Gasteiger partial charge in [-0.25, -0.2) is 0 Å². The molecule has 1 aliphatic carbocycles. The molecule has 2 rings (SSSR count). The number of carbonyl (C=O) groups excluding carboxylic acids is 1. The van der Waals surface area contributed by atoms with Gasteiger partial charge in [-0.2, -0.15) is 0 Å². The Morgan fingerprint density at radius 1 is 1.43 bits per heavy atom. The zero-order chi connectivity index (χ0) is 10.1. The Morgan fingerprint density at radius 3 is 2.93 bits per heavy atom. The van der Waals surface area contributed by atoms with E-state index >= 15 is 0 Å². The fourth-order valence-electron chi connectivity index (χ4n) is 2.13. The van der Waals surface area contributed by atoms with Crippen LogP contribution in [0, 0.1) is 5.92 Å². The summed E-state index contributed by atoms with van der Waals surface area (Å²) in [6, 6.07) is 0. The molecule has 0 radical (unpaired) electrons. The van der Waals surface area contributed by atoms with Crippen LogP contribution >= 0.6 is 0 Å². The molecule has 2 aliphatic rings. The lowest BCUT2D eigenvalue weighted by Gasteiger charge is -2.31. The maximum atomic E-state index is 11.3. The van der Waals surface area contributed by atoms with Crippen molar-refractivity contribution in [1.29, 1.82) is 0 Å². The lowest BCUT2D eigenvalue weighted by atomic mass is 9.83. The number of methoxy groups -OCH3 is 1. The number of hydrogen-bond donors (Lipinski definition) is 1. The van der Waals surface area contributed by atoms with E-state index in [1.807, 2.05) is 0 Å². The zero-order valence-corrected chi connectivity index (χ0v) is 8.01. The van der Waals surface area contributed by atoms with Gasteiger partial charge in [-0.15, -0.1) is 0 Å². The third-order valence-corrected chi connectivity index (χ3v) is 2.87. The lowest BCUT2D eigenvalue weighted by Crippen LogP contribution is -2.44. The smallest absolute Gasteiger partial charge is 0.308 e. The molecule has 0 bridgehead atoms. The number of aliphatic hydroxyl groups is 1. The fourth-order valence-corrected chi connectivity index (χ4v) is 2.13. The van der Waals surface area contributed by atoms with Crippen LogP contribution in [0.3, 0.4) is 0 Å². The fraction of sp³-hybridized carbons (Fsp3) is 0.889. The van der Waals surface area contributed by atoms with E-state index in [0.29, 0.717) is 12.8 Å². The van der Waals surface area contributed by atoms with Gasteiger partial charge in [0.1, 0.15) is 12.9 Å². The van der Waals surface area contributed by atoms with Crippen LogP contribution in [-0.4, -0.2) is 43.3 Å². The average molecular weight is 202 g/mol. The van der Waals surface area contributed by atoms with Crippen molar-refractivity contribution in [2.75, 3.05) is 13.9 Å². The van der Waals surface area contributed by atoms with Crippen molar-refractivity contribution in [3.8, 4) is 0 Å². The molecule has 1 saturated heterocycles. The maximum Gasteiger partial charge on any atom is 0.308 e. The molecule has 1 saturated carbocycles. The minimum absolute atomic E-state index is 0.164. The van der Waals surface area contributed by atoms with Gasteiger partial charge in [-0.1, -0.05) is 0 Å². The van der Waals surface area contributed by atoms with Gasteiger partial charge < -0.3 is 19.3 Å². The van der Waals surface area contributed by atoms with Crippen LogP contribution in [0.4, 0.5) is 0 Å². The van der Waals surface area contributed by atoms with Gasteiger partial charge in [0.15, 0.2) is 0 Å². The van der Waals surface area contributed by atoms with E-state index in [4.69, 9.17) is 9.47 Å². The Bertz CT molecular complexity index is 229. The molecule has 1 unspecified atom stereocenters. The molecule has 14 heavy (non-hydrogen) atoms. The summed E-state index contributed by atoms with van der Waals surface area (Å²) in [4.78, 5) is 11.3. The largest absolute Gasteiger partial charge is 0.469 e. The van der Waals surface area contributed by atoms with Gasteiger partial charge >= 0.3 is 5.97 Å². The highest BCUT2D eigenvalue weighted by Gasteiger charge is 2.44. The molecule has 1 N–H and O–H groups in total. The number of ether oxygens (including phenoxy) is 3. The van der Waals surface area contributed by atoms with Crippen LogP contribution in [0.25, 0.3) is 0 Å². The minimum atomic E-state index is -0.625. The Labute approximate surface area is 81.9 Å². The minimum Gasteiger partial charge on any atom is -0.469 e. The first kappa shape index (κ1) is 9.89. The Balaban J connectivity index is 2.02. The van der Waals surface area contributed by atoms with Crippen LogP contribution in [0.15, 0.2) is 0 Å². The van der Waals surface area contributed by atoms with Crippen LogP contribution in [0.2, 0.25) is 0 Å². The van der Waals surface area contributed by atoms with Gasteiger partial charge in [0.2, 0.25) is 0 Å². The van der Waals surface area contributed by atoms with E-state index in [0.717, 1.165) is 0 Å². The molecule has 5 nitrogen and oxygen atoms in total. The first-order valence-electron chi connectivity index (χ1n) is 4.71. The molecular weight excluding hydrogens is 188 g/mol. The maximum absolute atomic E-state index is 11.3. The summed E-state index contributed by atoms with van der Waals surface area (Å²) in [6.45, 7) is 0.209. The van der Waals surface area contributed by atoms with Crippen molar-refractivity contribution >= 4 is 5.97 Å². The van der Waals surface area contributed by atoms with Crippen LogP contribution in [-0.2, 0) is 19.0 Å². The van der Waals surface area contributed by atoms with Crippen molar-refractivity contribution in [2.24, 2.45) is 5.92 Å². The predicted molar refractivity (Wildman–Crippen MR) is 45.4 cm³/mol. The highest BCUT2D eigenvalue weighted by atomic mass is 16.7. The molecule has 1 heterocycles. The second-order valence-electron chi connectivity index (χ2n) is 3.71. The molecule has 0 aromatic carbocycles. The summed E-state index contributed by atoms with van der Waals surface area (Å²) in [7, 11) is 1.35. The van der Waals surface area contributed by atoms with Crippen LogP contribution in [0.1, 0.15) is 12.8 Å². The van der Waals surface area contributed by atoms with E-state index in [-0.39, 0.29) is 30.9 Å². The molecule has 2 fully saturated rings. The Morgan fingerprint density at radius 2 is 2.21 bits per heavy atom. The second kappa shape index (κ2) is 3.84. The quantitative estimate of drug-likeness (QED) is 0.590. The SMILES string of the molecule is COC(=O)[C@H]1CC2OCO[C@H]2[C@@H](O)C1.